The first-order chi connectivity index (χ1) is 20.1. The minimum absolute atomic E-state index is 0.197. The summed E-state index contributed by atoms with van der Waals surface area (Å²) in [6.07, 6.45) is 5.69. The predicted molar refractivity (Wildman–Crippen MR) is 152 cm³/mol. The zero-order valence-electron chi connectivity index (χ0n) is 22.9. The smallest absolute Gasteiger partial charge is 0.276 e. The van der Waals surface area contributed by atoms with Gasteiger partial charge in [-0.25, -0.2) is 4.39 Å². The van der Waals surface area contributed by atoms with Gasteiger partial charge in [0.05, 0.1) is 19.3 Å². The molecule has 3 aliphatic heterocycles. The standard InChI is InChI=1S/C33H34FN3O4/c34-27-17-11-16-26-29(25-14-7-4-8-15-25)37-23-35(19-9-1-2-10-21-40-31(26)27)33(39)30-32(28(38)18-20-36(30)37)41-22-24-12-5-3-6-13-24/h3-8,11-18,20,28-29,38H,1-2,9-10,19,21-23H2/t28?,29-/m1/s1. The molecule has 1 saturated heterocycles. The molecular weight excluding hydrogens is 521 g/mol. The molecule has 212 valence electrons. The molecule has 0 saturated carbocycles. The number of amides is 1. The van der Waals surface area contributed by atoms with Crippen LogP contribution in [0.25, 0.3) is 0 Å². The number of nitrogens with zero attached hydrogens (tertiary/aromatic N) is 3. The first-order valence-corrected chi connectivity index (χ1v) is 14.2. The third kappa shape index (κ3) is 5.58. The maximum Gasteiger partial charge on any atom is 0.276 e. The van der Waals surface area contributed by atoms with Crippen LogP contribution in [0.1, 0.15) is 48.4 Å². The molecule has 0 spiro atoms. The molecule has 0 aliphatic carbocycles. The predicted octanol–water partition coefficient (Wildman–Crippen LogP) is 5.50. The van der Waals surface area contributed by atoms with Crippen molar-refractivity contribution >= 4 is 5.91 Å². The molecule has 1 amide bonds. The number of hydrogen-bond donors (Lipinski definition) is 1. The summed E-state index contributed by atoms with van der Waals surface area (Å²) in [5, 5.41) is 14.8. The highest BCUT2D eigenvalue weighted by atomic mass is 19.1. The number of aliphatic hydroxyl groups is 1. The largest absolute Gasteiger partial charge is 0.490 e. The maximum atomic E-state index is 15.4. The summed E-state index contributed by atoms with van der Waals surface area (Å²) in [5.74, 6) is -0.209. The minimum Gasteiger partial charge on any atom is -0.490 e. The first kappa shape index (κ1) is 27.1. The second kappa shape index (κ2) is 12.2. The molecule has 3 aliphatic rings. The number of carbonyl (C=O) groups excluding carboxylic acids is 1. The average Bonchev–Trinajstić information content (AvgIpc) is 3.01. The van der Waals surface area contributed by atoms with Gasteiger partial charge < -0.3 is 19.5 Å². The number of fused-ring (bicyclic) bond motifs is 5. The van der Waals surface area contributed by atoms with Crippen molar-refractivity contribution in [1.82, 2.24) is 14.9 Å². The zero-order valence-corrected chi connectivity index (χ0v) is 22.9. The Morgan fingerprint density at radius 3 is 2.49 bits per heavy atom. The van der Waals surface area contributed by atoms with Gasteiger partial charge in [0.15, 0.2) is 23.0 Å². The molecule has 3 aromatic rings. The van der Waals surface area contributed by atoms with Crippen LogP contribution < -0.4 is 4.74 Å². The van der Waals surface area contributed by atoms with Crippen molar-refractivity contribution in [2.24, 2.45) is 0 Å². The van der Waals surface area contributed by atoms with Gasteiger partial charge in [-0.3, -0.25) is 9.80 Å². The Labute approximate surface area is 239 Å². The summed E-state index contributed by atoms with van der Waals surface area (Å²) in [4.78, 5) is 15.9. The first-order valence-electron chi connectivity index (χ1n) is 14.2. The van der Waals surface area contributed by atoms with Gasteiger partial charge in [-0.05, 0) is 36.1 Å². The Morgan fingerprint density at radius 1 is 0.927 bits per heavy atom. The number of para-hydroxylation sites is 1. The molecule has 2 unspecified atom stereocenters. The molecular formula is C33H34FN3O4. The number of halogens is 1. The van der Waals surface area contributed by atoms with E-state index in [1.807, 2.05) is 71.7 Å². The Hall–Kier alpha value is -4.14. The van der Waals surface area contributed by atoms with E-state index in [9.17, 15) is 9.90 Å². The average molecular weight is 556 g/mol. The fourth-order valence-corrected chi connectivity index (χ4v) is 5.69. The number of rotatable bonds is 4. The molecule has 7 nitrogen and oxygen atoms in total. The second-order valence-electron chi connectivity index (χ2n) is 10.5. The maximum absolute atomic E-state index is 15.4. The van der Waals surface area contributed by atoms with Crippen molar-refractivity contribution in [2.75, 3.05) is 19.8 Å². The van der Waals surface area contributed by atoms with Gasteiger partial charge in [0, 0.05) is 18.3 Å². The van der Waals surface area contributed by atoms with E-state index < -0.39 is 18.0 Å². The Bertz CT molecular complexity index is 1430. The molecule has 1 N–H and O–H groups in total. The van der Waals surface area contributed by atoms with Crippen LogP contribution >= 0.6 is 0 Å². The van der Waals surface area contributed by atoms with Crippen molar-refractivity contribution in [3.8, 4) is 5.75 Å². The third-order valence-corrected chi connectivity index (χ3v) is 7.73. The van der Waals surface area contributed by atoms with Gasteiger partial charge in [0.2, 0.25) is 0 Å². The van der Waals surface area contributed by atoms with Crippen LogP contribution in [-0.4, -0.2) is 51.9 Å². The number of hydrazine groups is 1. The lowest BCUT2D eigenvalue weighted by Gasteiger charge is -2.49. The highest BCUT2D eigenvalue weighted by Crippen LogP contribution is 2.41. The van der Waals surface area contributed by atoms with E-state index >= 15 is 4.39 Å². The van der Waals surface area contributed by atoms with Gasteiger partial charge in [-0.15, -0.1) is 0 Å². The van der Waals surface area contributed by atoms with Crippen molar-refractivity contribution in [2.45, 2.75) is 44.4 Å². The van der Waals surface area contributed by atoms with Gasteiger partial charge in [0.25, 0.3) is 5.91 Å². The van der Waals surface area contributed by atoms with Crippen molar-refractivity contribution in [1.29, 1.82) is 0 Å². The fourth-order valence-electron chi connectivity index (χ4n) is 5.69. The van der Waals surface area contributed by atoms with E-state index in [1.165, 1.54) is 6.07 Å². The Balaban J connectivity index is 1.49. The fraction of sp³-hybridized carbons (Fsp3) is 0.303. The Morgan fingerprint density at radius 2 is 1.68 bits per heavy atom. The Kier molecular flexibility index (Phi) is 8.02. The molecule has 8 heteroatoms. The van der Waals surface area contributed by atoms with Gasteiger partial charge in [-0.1, -0.05) is 85.6 Å². The molecule has 3 aromatic carbocycles. The quantitative estimate of drug-likeness (QED) is 0.459. The molecule has 0 radical (unpaired) electrons. The van der Waals surface area contributed by atoms with Crippen LogP contribution in [0.15, 0.2) is 103 Å². The lowest BCUT2D eigenvalue weighted by Crippen LogP contribution is -2.58. The molecule has 0 aromatic heterocycles. The second-order valence-corrected chi connectivity index (χ2v) is 10.5. The van der Waals surface area contributed by atoms with E-state index in [0.29, 0.717) is 18.7 Å². The van der Waals surface area contributed by atoms with Gasteiger partial charge in [0.1, 0.15) is 12.7 Å². The highest BCUT2D eigenvalue weighted by Gasteiger charge is 2.44. The minimum atomic E-state index is -1.08. The number of ether oxygens (including phenoxy) is 2. The highest BCUT2D eigenvalue weighted by molar-refractivity contribution is 5.94. The van der Waals surface area contributed by atoms with Crippen LogP contribution in [0, 0.1) is 5.82 Å². The summed E-state index contributed by atoms with van der Waals surface area (Å²) in [5.41, 5.74) is 2.76. The van der Waals surface area contributed by atoms with Crippen LogP contribution in [0.3, 0.4) is 0 Å². The van der Waals surface area contributed by atoms with Crippen LogP contribution in [0.2, 0.25) is 0 Å². The summed E-state index contributed by atoms with van der Waals surface area (Å²) < 4.78 is 27.7. The van der Waals surface area contributed by atoms with Crippen LogP contribution in [0.5, 0.6) is 5.75 Å². The van der Waals surface area contributed by atoms with E-state index in [4.69, 9.17) is 9.47 Å². The summed E-state index contributed by atoms with van der Waals surface area (Å²) in [7, 11) is 0. The summed E-state index contributed by atoms with van der Waals surface area (Å²) in [6, 6.07) is 24.0. The normalized spacial score (nSPS) is 23.0. The topological polar surface area (TPSA) is 65.5 Å². The lowest BCUT2D eigenvalue weighted by molar-refractivity contribution is -0.150. The SMILES string of the molecule is O=C1C2=C(OCc3ccccc3)C(O)C=CN2N2CN1CCCCCCOc1c(F)cccc1[C@H]2c1ccccc1. The van der Waals surface area contributed by atoms with Gasteiger partial charge in [-0.2, -0.15) is 5.01 Å². The summed E-state index contributed by atoms with van der Waals surface area (Å²) >= 11 is 0. The zero-order chi connectivity index (χ0) is 28.2. The molecule has 2 bridgehead atoms. The summed E-state index contributed by atoms with van der Waals surface area (Å²) in [6.45, 7) is 1.44. The monoisotopic (exact) mass is 555 g/mol. The lowest BCUT2D eigenvalue weighted by atomic mass is 9.96. The van der Waals surface area contributed by atoms with E-state index in [0.717, 1.165) is 36.8 Å². The number of carbonyl (C=O) groups is 1. The van der Waals surface area contributed by atoms with E-state index in [1.54, 1.807) is 28.3 Å². The molecule has 3 atom stereocenters. The number of benzene rings is 3. The molecule has 41 heavy (non-hydrogen) atoms. The number of aliphatic hydroxyl groups excluding tert-OH is 1. The van der Waals surface area contributed by atoms with Crippen molar-refractivity contribution < 1.29 is 23.8 Å². The number of hydrogen-bond acceptors (Lipinski definition) is 6. The van der Waals surface area contributed by atoms with Crippen molar-refractivity contribution in [3.63, 3.8) is 0 Å². The van der Waals surface area contributed by atoms with Crippen molar-refractivity contribution in [3.05, 3.63) is 125 Å². The molecule has 3 heterocycles. The third-order valence-electron chi connectivity index (χ3n) is 7.73. The van der Waals surface area contributed by atoms with E-state index in [2.05, 4.69) is 0 Å². The molecule has 1 fully saturated rings. The van der Waals surface area contributed by atoms with Gasteiger partial charge >= 0.3 is 0 Å². The van der Waals surface area contributed by atoms with E-state index in [-0.39, 0.29) is 36.4 Å². The molecule has 6 rings (SSSR count). The van der Waals surface area contributed by atoms with Crippen LogP contribution in [0.4, 0.5) is 4.39 Å². The van der Waals surface area contributed by atoms with Crippen LogP contribution in [-0.2, 0) is 16.1 Å².